The van der Waals surface area contributed by atoms with Gasteiger partial charge in [0.25, 0.3) is 0 Å². The quantitative estimate of drug-likeness (QED) is 0.635. The molecule has 3 atom stereocenters. The van der Waals surface area contributed by atoms with E-state index in [0.29, 0.717) is 10.9 Å². The van der Waals surface area contributed by atoms with Crippen molar-refractivity contribution in [2.45, 2.75) is 32.4 Å². The zero-order valence-electron chi connectivity index (χ0n) is 8.23. The zero-order valence-corrected chi connectivity index (χ0v) is 9.05. The molecule has 1 saturated heterocycles. The van der Waals surface area contributed by atoms with Crippen molar-refractivity contribution in [1.29, 1.82) is 0 Å². The number of nitrogens with two attached hydrogens (primary N) is 1. The lowest BCUT2D eigenvalue weighted by atomic mass is 9.96. The minimum absolute atomic E-state index is 0.157. The average Bonchev–Trinajstić information content (AvgIpc) is 2.08. The van der Waals surface area contributed by atoms with E-state index in [9.17, 15) is 5.11 Å². The van der Waals surface area contributed by atoms with Gasteiger partial charge in [-0.05, 0) is 19.3 Å². The Labute approximate surface area is 84.9 Å². The molecule has 0 aromatic carbocycles. The average molecular weight is 202 g/mol. The van der Waals surface area contributed by atoms with Crippen molar-refractivity contribution in [3.63, 3.8) is 0 Å². The molecule has 1 fully saturated rings. The third kappa shape index (κ3) is 2.62. The van der Waals surface area contributed by atoms with E-state index in [1.165, 1.54) is 0 Å². The lowest BCUT2D eigenvalue weighted by molar-refractivity contribution is 0.0302. The molecular weight excluding hydrogens is 184 g/mol. The summed E-state index contributed by atoms with van der Waals surface area (Å²) < 4.78 is 0. The van der Waals surface area contributed by atoms with Crippen molar-refractivity contribution in [2.24, 2.45) is 11.7 Å². The summed E-state index contributed by atoms with van der Waals surface area (Å²) in [4.78, 5) is 2.78. The molecule has 0 bridgehead atoms. The summed E-state index contributed by atoms with van der Waals surface area (Å²) in [5.74, 6) is 0.325. The summed E-state index contributed by atoms with van der Waals surface area (Å²) in [5.41, 5.74) is 5.57. The maximum atomic E-state index is 9.53. The van der Waals surface area contributed by atoms with Crippen LogP contribution in [0.25, 0.3) is 0 Å². The maximum Gasteiger partial charge on any atom is 0.0899 e. The lowest BCUT2D eigenvalue weighted by Crippen LogP contribution is -2.49. The number of nitrogens with zero attached hydrogens (tertiary/aromatic N) is 1. The molecule has 0 aliphatic carbocycles. The first-order valence-electron chi connectivity index (χ1n) is 4.73. The van der Waals surface area contributed by atoms with E-state index in [1.54, 1.807) is 0 Å². The molecule has 0 spiro atoms. The molecule has 3 unspecified atom stereocenters. The van der Waals surface area contributed by atoms with Crippen LogP contribution in [0.4, 0.5) is 0 Å². The van der Waals surface area contributed by atoms with Crippen LogP contribution in [-0.2, 0) is 0 Å². The van der Waals surface area contributed by atoms with E-state index < -0.39 is 0 Å². The highest BCUT2D eigenvalue weighted by Crippen LogP contribution is 2.18. The van der Waals surface area contributed by atoms with Crippen molar-refractivity contribution in [3.8, 4) is 0 Å². The summed E-state index contributed by atoms with van der Waals surface area (Å²) in [6.07, 6.45) is 0.670. The number of hydrogen-bond donors (Lipinski definition) is 2. The molecule has 1 heterocycles. The summed E-state index contributed by atoms with van der Waals surface area (Å²) in [5, 5.41) is 9.53. The molecule has 0 saturated carbocycles. The molecule has 4 heteroatoms. The number of rotatable bonds is 2. The van der Waals surface area contributed by atoms with Gasteiger partial charge >= 0.3 is 0 Å². The van der Waals surface area contributed by atoms with Gasteiger partial charge in [-0.1, -0.05) is 19.1 Å². The van der Waals surface area contributed by atoms with Crippen molar-refractivity contribution in [3.05, 3.63) is 0 Å². The standard InChI is InChI=1S/C9H18N2OS/c1-6-5-11(4-3-8(6)12)7(2)9(10)13/h6-8,12H,3-5H2,1-2H3,(H2,10,13). The molecule has 1 rings (SSSR count). The van der Waals surface area contributed by atoms with Gasteiger partial charge in [-0.25, -0.2) is 0 Å². The molecular formula is C9H18N2OS. The fraction of sp³-hybridized carbons (Fsp3) is 0.889. The highest BCUT2D eigenvalue weighted by Gasteiger charge is 2.27. The highest BCUT2D eigenvalue weighted by atomic mass is 32.1. The van der Waals surface area contributed by atoms with E-state index in [1.807, 2.05) is 6.92 Å². The van der Waals surface area contributed by atoms with Crippen LogP contribution in [0.1, 0.15) is 20.3 Å². The smallest absolute Gasteiger partial charge is 0.0899 e. The van der Waals surface area contributed by atoms with Gasteiger partial charge < -0.3 is 10.8 Å². The first-order chi connectivity index (χ1) is 6.02. The second-order valence-electron chi connectivity index (χ2n) is 3.91. The monoisotopic (exact) mass is 202 g/mol. The fourth-order valence-electron chi connectivity index (χ4n) is 1.70. The number of thiocarbonyl (C=S) groups is 1. The van der Waals surface area contributed by atoms with Gasteiger partial charge in [0.15, 0.2) is 0 Å². The second kappa shape index (κ2) is 4.35. The van der Waals surface area contributed by atoms with Crippen LogP contribution in [0.3, 0.4) is 0 Å². The van der Waals surface area contributed by atoms with Gasteiger partial charge in [0.05, 0.1) is 17.1 Å². The Kier molecular flexibility index (Phi) is 3.64. The summed E-state index contributed by atoms with van der Waals surface area (Å²) >= 11 is 4.94. The van der Waals surface area contributed by atoms with Crippen LogP contribution in [-0.4, -0.2) is 40.2 Å². The van der Waals surface area contributed by atoms with E-state index in [4.69, 9.17) is 18.0 Å². The van der Waals surface area contributed by atoms with Gasteiger partial charge in [0, 0.05) is 13.1 Å². The van der Waals surface area contributed by atoms with Gasteiger partial charge in [-0.15, -0.1) is 0 Å². The van der Waals surface area contributed by atoms with E-state index >= 15 is 0 Å². The predicted molar refractivity (Wildman–Crippen MR) is 57.6 cm³/mol. The Morgan fingerprint density at radius 2 is 2.31 bits per heavy atom. The van der Waals surface area contributed by atoms with Gasteiger partial charge in [0.2, 0.25) is 0 Å². The number of piperidine rings is 1. The number of hydrogen-bond acceptors (Lipinski definition) is 3. The van der Waals surface area contributed by atoms with Crippen LogP contribution in [0.5, 0.6) is 0 Å². The molecule has 1 aliphatic heterocycles. The molecule has 76 valence electrons. The van der Waals surface area contributed by atoms with Crippen molar-refractivity contribution in [1.82, 2.24) is 4.90 Å². The van der Waals surface area contributed by atoms with Gasteiger partial charge in [-0.2, -0.15) is 0 Å². The van der Waals surface area contributed by atoms with E-state index in [2.05, 4.69) is 11.8 Å². The second-order valence-corrected chi connectivity index (χ2v) is 4.38. The number of aliphatic hydroxyl groups is 1. The Morgan fingerprint density at radius 1 is 1.69 bits per heavy atom. The molecule has 13 heavy (non-hydrogen) atoms. The van der Waals surface area contributed by atoms with Crippen molar-refractivity contribution >= 4 is 17.2 Å². The molecule has 1 aliphatic rings. The normalized spacial score (nSPS) is 32.8. The highest BCUT2D eigenvalue weighted by molar-refractivity contribution is 7.80. The molecule has 3 N–H and O–H groups in total. The molecule has 0 aromatic rings. The Hall–Kier alpha value is -0.190. The number of aliphatic hydroxyl groups excluding tert-OH is 1. The summed E-state index contributed by atoms with van der Waals surface area (Å²) in [6, 6.07) is 0.157. The Morgan fingerprint density at radius 3 is 2.77 bits per heavy atom. The molecule has 0 aromatic heterocycles. The van der Waals surface area contributed by atoms with Crippen LogP contribution in [0, 0.1) is 5.92 Å². The third-order valence-electron chi connectivity index (χ3n) is 2.85. The van der Waals surface area contributed by atoms with Crippen molar-refractivity contribution < 1.29 is 5.11 Å². The molecule has 0 radical (unpaired) electrons. The zero-order chi connectivity index (χ0) is 10.0. The Bertz CT molecular complexity index is 198. The Balaban J connectivity index is 2.50. The maximum absolute atomic E-state index is 9.53. The van der Waals surface area contributed by atoms with Crippen LogP contribution in [0.15, 0.2) is 0 Å². The molecule has 0 amide bonds. The first-order valence-corrected chi connectivity index (χ1v) is 5.14. The predicted octanol–water partition coefficient (Wildman–Crippen LogP) is 0.364. The third-order valence-corrected chi connectivity index (χ3v) is 3.19. The fourth-order valence-corrected chi connectivity index (χ4v) is 1.85. The summed E-state index contributed by atoms with van der Waals surface area (Å²) in [6.45, 7) is 5.86. The topological polar surface area (TPSA) is 49.5 Å². The van der Waals surface area contributed by atoms with E-state index in [-0.39, 0.29) is 12.1 Å². The summed E-state index contributed by atoms with van der Waals surface area (Å²) in [7, 11) is 0. The largest absolute Gasteiger partial charge is 0.393 e. The minimum Gasteiger partial charge on any atom is -0.393 e. The first kappa shape index (κ1) is 10.9. The van der Waals surface area contributed by atoms with E-state index in [0.717, 1.165) is 19.5 Å². The number of likely N-dealkylation sites (tertiary alicyclic amines) is 1. The van der Waals surface area contributed by atoms with Crippen molar-refractivity contribution in [2.75, 3.05) is 13.1 Å². The lowest BCUT2D eigenvalue weighted by Gasteiger charge is -2.37. The molecule has 3 nitrogen and oxygen atoms in total. The minimum atomic E-state index is -0.158. The van der Waals surface area contributed by atoms with Gasteiger partial charge in [-0.3, -0.25) is 4.90 Å². The van der Waals surface area contributed by atoms with Crippen LogP contribution in [0.2, 0.25) is 0 Å². The van der Waals surface area contributed by atoms with Gasteiger partial charge in [0.1, 0.15) is 0 Å². The van der Waals surface area contributed by atoms with Crippen LogP contribution >= 0.6 is 12.2 Å². The van der Waals surface area contributed by atoms with Crippen LogP contribution < -0.4 is 5.73 Å². The SMILES string of the molecule is CC1CN(C(C)C(N)=S)CCC1O.